The maximum atomic E-state index is 12.0. The predicted molar refractivity (Wildman–Crippen MR) is 69.5 cm³/mol. The zero-order valence-electron chi connectivity index (χ0n) is 11.2. The van der Waals surface area contributed by atoms with Crippen molar-refractivity contribution >= 4 is 5.91 Å². The quantitative estimate of drug-likeness (QED) is 0.814. The third-order valence-electron chi connectivity index (χ3n) is 4.64. The highest BCUT2D eigenvalue weighted by Crippen LogP contribution is 2.36. The summed E-state index contributed by atoms with van der Waals surface area (Å²) in [7, 11) is 0. The van der Waals surface area contributed by atoms with Crippen molar-refractivity contribution in [2.45, 2.75) is 46.0 Å². The molecule has 0 unspecified atom stereocenters. The van der Waals surface area contributed by atoms with Gasteiger partial charge < -0.3 is 10.6 Å². The largest absolute Gasteiger partial charge is 0.343 e. The molecule has 3 nitrogen and oxygen atoms in total. The fourth-order valence-electron chi connectivity index (χ4n) is 2.78. The molecule has 2 rings (SSSR count). The van der Waals surface area contributed by atoms with Gasteiger partial charge in [0, 0.05) is 19.5 Å². The lowest BCUT2D eigenvalue weighted by Crippen LogP contribution is -2.44. The zero-order chi connectivity index (χ0) is 12.5. The van der Waals surface area contributed by atoms with E-state index in [1.165, 1.54) is 12.8 Å². The maximum Gasteiger partial charge on any atom is 0.222 e. The van der Waals surface area contributed by atoms with Crippen molar-refractivity contribution < 1.29 is 4.79 Å². The van der Waals surface area contributed by atoms with Gasteiger partial charge in [-0.05, 0) is 49.5 Å². The van der Waals surface area contributed by atoms with Gasteiger partial charge in [-0.2, -0.15) is 0 Å². The normalized spacial score (nSPS) is 22.9. The second-order valence-corrected chi connectivity index (χ2v) is 6.50. The molecule has 2 fully saturated rings. The molecule has 0 spiro atoms. The van der Waals surface area contributed by atoms with Crippen molar-refractivity contribution in [2.24, 2.45) is 23.0 Å². The maximum absolute atomic E-state index is 12.0. The summed E-state index contributed by atoms with van der Waals surface area (Å²) in [5.74, 6) is 1.77. The third-order valence-corrected chi connectivity index (χ3v) is 4.64. The fourth-order valence-corrected chi connectivity index (χ4v) is 2.78. The minimum atomic E-state index is 0.228. The number of nitrogens with two attached hydrogens (primary N) is 1. The van der Waals surface area contributed by atoms with E-state index < -0.39 is 0 Å². The monoisotopic (exact) mass is 238 g/mol. The first kappa shape index (κ1) is 12.9. The van der Waals surface area contributed by atoms with Crippen LogP contribution in [-0.4, -0.2) is 30.4 Å². The summed E-state index contributed by atoms with van der Waals surface area (Å²) in [6.07, 6.45) is 5.58. The van der Waals surface area contributed by atoms with Crippen LogP contribution < -0.4 is 5.73 Å². The summed E-state index contributed by atoms with van der Waals surface area (Å²) < 4.78 is 0. The highest BCUT2D eigenvalue weighted by Gasteiger charge is 2.34. The Morgan fingerprint density at radius 3 is 2.29 bits per heavy atom. The third kappa shape index (κ3) is 3.21. The molecule has 1 saturated carbocycles. The molecule has 1 aliphatic heterocycles. The molecule has 17 heavy (non-hydrogen) atoms. The van der Waals surface area contributed by atoms with Crippen molar-refractivity contribution in [1.29, 1.82) is 0 Å². The summed E-state index contributed by atoms with van der Waals surface area (Å²) >= 11 is 0. The number of carbonyl (C=O) groups is 1. The first-order valence-corrected chi connectivity index (χ1v) is 7.01. The Morgan fingerprint density at radius 2 is 1.82 bits per heavy atom. The Kier molecular flexibility index (Phi) is 3.76. The van der Waals surface area contributed by atoms with Crippen LogP contribution in [0.4, 0.5) is 0 Å². The molecule has 2 N–H and O–H groups in total. The molecule has 2 aliphatic rings. The van der Waals surface area contributed by atoms with Gasteiger partial charge in [0.05, 0.1) is 0 Å². The molecule has 1 amide bonds. The lowest BCUT2D eigenvalue weighted by Gasteiger charge is -2.40. The van der Waals surface area contributed by atoms with E-state index in [-0.39, 0.29) is 5.41 Å². The van der Waals surface area contributed by atoms with Crippen LogP contribution in [0.5, 0.6) is 0 Å². The van der Waals surface area contributed by atoms with Gasteiger partial charge in [0.1, 0.15) is 0 Å². The Balaban J connectivity index is 1.78. The molecule has 0 bridgehead atoms. The number of likely N-dealkylation sites (tertiary alicyclic amines) is 1. The molecular formula is C14H26N2O. The van der Waals surface area contributed by atoms with Crippen molar-refractivity contribution in [1.82, 2.24) is 4.90 Å². The van der Waals surface area contributed by atoms with E-state index in [0.717, 1.165) is 38.9 Å². The zero-order valence-corrected chi connectivity index (χ0v) is 11.2. The molecule has 0 aromatic carbocycles. The summed E-state index contributed by atoms with van der Waals surface area (Å²) in [4.78, 5) is 14.0. The number of amides is 1. The molecule has 1 saturated heterocycles. The molecule has 98 valence electrons. The number of piperidine rings is 1. The second-order valence-electron chi connectivity index (χ2n) is 6.50. The first-order valence-electron chi connectivity index (χ1n) is 7.01. The predicted octanol–water partition coefficient (Wildman–Crippen LogP) is 2.01. The van der Waals surface area contributed by atoms with Crippen molar-refractivity contribution in [3.05, 3.63) is 0 Å². The van der Waals surface area contributed by atoms with Crippen LogP contribution in [0.1, 0.15) is 46.0 Å². The summed E-state index contributed by atoms with van der Waals surface area (Å²) in [5.41, 5.74) is 6.05. The molecule has 0 radical (unpaired) electrons. The standard InChI is InChI=1S/C14H26N2O/c1-14(2,10-15)12-5-7-16(8-6-12)13(17)9-11-3-4-11/h11-12H,3-10,15H2,1-2H3. The van der Waals surface area contributed by atoms with Crippen LogP contribution in [0, 0.1) is 17.3 Å². The van der Waals surface area contributed by atoms with Crippen LogP contribution in [0.15, 0.2) is 0 Å². The van der Waals surface area contributed by atoms with E-state index in [1.807, 2.05) is 0 Å². The van der Waals surface area contributed by atoms with E-state index in [2.05, 4.69) is 18.7 Å². The molecular weight excluding hydrogens is 212 g/mol. The van der Waals surface area contributed by atoms with Crippen LogP contribution in [0.3, 0.4) is 0 Å². The SMILES string of the molecule is CC(C)(CN)C1CCN(C(=O)CC2CC2)CC1. The molecule has 1 heterocycles. The van der Waals surface area contributed by atoms with Gasteiger partial charge in [-0.3, -0.25) is 4.79 Å². The van der Waals surface area contributed by atoms with Gasteiger partial charge >= 0.3 is 0 Å². The van der Waals surface area contributed by atoms with E-state index >= 15 is 0 Å². The number of hydrogen-bond donors (Lipinski definition) is 1. The van der Waals surface area contributed by atoms with Crippen molar-refractivity contribution in [2.75, 3.05) is 19.6 Å². The number of hydrogen-bond acceptors (Lipinski definition) is 2. The second kappa shape index (κ2) is 4.97. The highest BCUT2D eigenvalue weighted by molar-refractivity contribution is 5.76. The molecule has 0 atom stereocenters. The minimum absolute atomic E-state index is 0.228. The van der Waals surface area contributed by atoms with Gasteiger partial charge in [-0.25, -0.2) is 0 Å². The summed E-state index contributed by atoms with van der Waals surface area (Å²) in [6.45, 7) is 7.13. The average molecular weight is 238 g/mol. The Labute approximate surface area is 105 Å². The van der Waals surface area contributed by atoms with E-state index in [0.29, 0.717) is 17.7 Å². The fraction of sp³-hybridized carbons (Fsp3) is 0.929. The topological polar surface area (TPSA) is 46.3 Å². The lowest BCUT2D eigenvalue weighted by molar-refractivity contribution is -0.133. The number of nitrogens with zero attached hydrogens (tertiary/aromatic N) is 1. The van der Waals surface area contributed by atoms with Gasteiger partial charge in [-0.15, -0.1) is 0 Å². The van der Waals surface area contributed by atoms with Gasteiger partial charge in [0.2, 0.25) is 5.91 Å². The van der Waals surface area contributed by atoms with E-state index in [4.69, 9.17) is 5.73 Å². The lowest BCUT2D eigenvalue weighted by atomic mass is 9.74. The van der Waals surface area contributed by atoms with Crippen molar-refractivity contribution in [3.8, 4) is 0 Å². The minimum Gasteiger partial charge on any atom is -0.343 e. The summed E-state index contributed by atoms with van der Waals surface area (Å²) in [5, 5.41) is 0. The first-order chi connectivity index (χ1) is 8.03. The Morgan fingerprint density at radius 1 is 1.24 bits per heavy atom. The number of carbonyl (C=O) groups excluding carboxylic acids is 1. The van der Waals surface area contributed by atoms with Crippen LogP contribution in [-0.2, 0) is 4.79 Å². The smallest absolute Gasteiger partial charge is 0.222 e. The van der Waals surface area contributed by atoms with Crippen molar-refractivity contribution in [3.63, 3.8) is 0 Å². The Bertz CT molecular complexity index is 276. The average Bonchev–Trinajstić information content (AvgIpc) is 3.13. The molecule has 3 heteroatoms. The van der Waals surface area contributed by atoms with E-state index in [9.17, 15) is 4.79 Å². The van der Waals surface area contributed by atoms with Crippen LogP contribution in [0.25, 0.3) is 0 Å². The van der Waals surface area contributed by atoms with E-state index in [1.54, 1.807) is 0 Å². The summed E-state index contributed by atoms with van der Waals surface area (Å²) in [6, 6.07) is 0. The van der Waals surface area contributed by atoms with Gasteiger partial charge in [0.25, 0.3) is 0 Å². The van der Waals surface area contributed by atoms with Crippen LogP contribution >= 0.6 is 0 Å². The molecule has 0 aromatic rings. The number of rotatable bonds is 4. The van der Waals surface area contributed by atoms with Gasteiger partial charge in [0.15, 0.2) is 0 Å². The Hall–Kier alpha value is -0.570. The molecule has 1 aliphatic carbocycles. The van der Waals surface area contributed by atoms with Gasteiger partial charge in [-0.1, -0.05) is 13.8 Å². The highest BCUT2D eigenvalue weighted by atomic mass is 16.2. The van der Waals surface area contributed by atoms with Crippen LogP contribution in [0.2, 0.25) is 0 Å². The molecule has 0 aromatic heterocycles.